The molecule has 2 atom stereocenters. The highest BCUT2D eigenvalue weighted by Crippen LogP contribution is 2.51. The van der Waals surface area contributed by atoms with E-state index in [4.69, 9.17) is 5.11 Å². The summed E-state index contributed by atoms with van der Waals surface area (Å²) in [6, 6.07) is 0. The van der Waals surface area contributed by atoms with Crippen molar-refractivity contribution in [1.29, 1.82) is 0 Å². The minimum absolute atomic E-state index is 0.00237. The van der Waals surface area contributed by atoms with Crippen molar-refractivity contribution in [2.45, 2.75) is 46.1 Å². The van der Waals surface area contributed by atoms with Gasteiger partial charge in [-0.15, -0.1) is 0 Å². The highest BCUT2D eigenvalue weighted by molar-refractivity contribution is 5.83. The molecule has 0 aromatic carbocycles. The van der Waals surface area contributed by atoms with Gasteiger partial charge in [-0.3, -0.25) is 4.79 Å². The first-order valence-corrected chi connectivity index (χ1v) is 5.27. The van der Waals surface area contributed by atoms with E-state index in [9.17, 15) is 4.79 Å². The molecule has 0 bridgehead atoms. The van der Waals surface area contributed by atoms with Crippen LogP contribution in [0.25, 0.3) is 0 Å². The van der Waals surface area contributed by atoms with Gasteiger partial charge in [-0.2, -0.15) is 0 Å². The summed E-state index contributed by atoms with van der Waals surface area (Å²) in [6.45, 7) is 8.04. The Labute approximate surface area is 85.9 Å². The molecule has 1 aliphatic carbocycles. The van der Waals surface area contributed by atoms with Crippen molar-refractivity contribution in [1.82, 2.24) is 5.32 Å². The molecule has 1 fully saturated rings. The fourth-order valence-corrected chi connectivity index (χ4v) is 1.54. The Bertz CT molecular complexity index is 231. The third-order valence-corrected chi connectivity index (χ3v) is 3.38. The minimum atomic E-state index is -0.449. The van der Waals surface area contributed by atoms with Gasteiger partial charge in [0.1, 0.15) is 0 Å². The monoisotopic (exact) mass is 199 g/mol. The lowest BCUT2D eigenvalue weighted by atomic mass is 9.99. The Morgan fingerprint density at radius 3 is 2.43 bits per heavy atom. The quantitative estimate of drug-likeness (QED) is 0.717. The summed E-state index contributed by atoms with van der Waals surface area (Å²) in [7, 11) is 0. The van der Waals surface area contributed by atoms with Crippen LogP contribution < -0.4 is 5.32 Å². The molecule has 2 N–H and O–H groups in total. The van der Waals surface area contributed by atoms with Gasteiger partial charge >= 0.3 is 0 Å². The maximum absolute atomic E-state index is 11.7. The Kier molecular flexibility index (Phi) is 2.91. The van der Waals surface area contributed by atoms with Crippen molar-refractivity contribution in [2.24, 2.45) is 11.3 Å². The van der Waals surface area contributed by atoms with E-state index in [1.54, 1.807) is 0 Å². The summed E-state index contributed by atoms with van der Waals surface area (Å²) in [5.41, 5.74) is -0.288. The second-order valence-corrected chi connectivity index (χ2v) is 5.31. The molecule has 0 heterocycles. The SMILES string of the molecule is CCC(C)(CO)NC(=O)C1CC1(C)C. The van der Waals surface area contributed by atoms with Crippen LogP contribution in [-0.2, 0) is 4.79 Å². The lowest BCUT2D eigenvalue weighted by Crippen LogP contribution is -2.49. The van der Waals surface area contributed by atoms with Crippen LogP contribution in [0.4, 0.5) is 0 Å². The highest BCUT2D eigenvalue weighted by atomic mass is 16.3. The predicted molar refractivity (Wildman–Crippen MR) is 55.8 cm³/mol. The van der Waals surface area contributed by atoms with Crippen molar-refractivity contribution >= 4 is 5.91 Å². The second-order valence-electron chi connectivity index (χ2n) is 5.31. The zero-order valence-electron chi connectivity index (χ0n) is 9.55. The summed E-state index contributed by atoms with van der Waals surface area (Å²) in [6.07, 6.45) is 1.71. The molecule has 0 aliphatic heterocycles. The first kappa shape index (κ1) is 11.5. The van der Waals surface area contributed by atoms with Gasteiger partial charge in [-0.1, -0.05) is 20.8 Å². The van der Waals surface area contributed by atoms with Gasteiger partial charge in [0, 0.05) is 5.92 Å². The number of hydrogen-bond donors (Lipinski definition) is 2. The molecule has 0 spiro atoms. The summed E-state index contributed by atoms with van der Waals surface area (Å²) in [5, 5.41) is 12.1. The largest absolute Gasteiger partial charge is 0.394 e. The van der Waals surface area contributed by atoms with E-state index in [0.717, 1.165) is 12.8 Å². The van der Waals surface area contributed by atoms with Crippen molar-refractivity contribution in [3.05, 3.63) is 0 Å². The number of carbonyl (C=O) groups is 1. The van der Waals surface area contributed by atoms with Gasteiger partial charge in [0.15, 0.2) is 0 Å². The van der Waals surface area contributed by atoms with Gasteiger partial charge in [0.2, 0.25) is 5.91 Å². The first-order chi connectivity index (χ1) is 6.34. The van der Waals surface area contributed by atoms with Crippen molar-refractivity contribution in [2.75, 3.05) is 6.61 Å². The summed E-state index contributed by atoms with van der Waals surface area (Å²) < 4.78 is 0. The number of aliphatic hydroxyl groups excluding tert-OH is 1. The molecule has 0 saturated heterocycles. The molecule has 1 rings (SSSR count). The number of rotatable bonds is 4. The molecule has 0 aromatic rings. The second kappa shape index (κ2) is 3.54. The molecule has 1 aliphatic rings. The Morgan fingerprint density at radius 2 is 2.14 bits per heavy atom. The molecule has 2 unspecified atom stereocenters. The van der Waals surface area contributed by atoms with E-state index in [-0.39, 0.29) is 23.8 Å². The van der Waals surface area contributed by atoms with Crippen LogP contribution in [0.3, 0.4) is 0 Å². The average Bonchev–Trinajstić information content (AvgIpc) is 2.75. The van der Waals surface area contributed by atoms with Crippen LogP contribution in [0, 0.1) is 11.3 Å². The van der Waals surface area contributed by atoms with E-state index in [1.165, 1.54) is 0 Å². The van der Waals surface area contributed by atoms with E-state index >= 15 is 0 Å². The number of carbonyl (C=O) groups excluding carboxylic acids is 1. The number of nitrogens with one attached hydrogen (secondary N) is 1. The summed E-state index contributed by atoms with van der Waals surface area (Å²) in [4.78, 5) is 11.7. The maximum atomic E-state index is 11.7. The zero-order valence-corrected chi connectivity index (χ0v) is 9.55. The van der Waals surface area contributed by atoms with Gasteiger partial charge in [-0.05, 0) is 25.2 Å². The van der Waals surface area contributed by atoms with Crippen LogP contribution in [-0.4, -0.2) is 23.2 Å². The van der Waals surface area contributed by atoms with Gasteiger partial charge in [0.05, 0.1) is 12.1 Å². The molecule has 1 saturated carbocycles. The highest BCUT2D eigenvalue weighted by Gasteiger charge is 2.51. The lowest BCUT2D eigenvalue weighted by molar-refractivity contribution is -0.125. The van der Waals surface area contributed by atoms with Crippen molar-refractivity contribution in [3.63, 3.8) is 0 Å². The van der Waals surface area contributed by atoms with Crippen molar-refractivity contribution < 1.29 is 9.90 Å². The summed E-state index contributed by atoms with van der Waals surface area (Å²) in [5.74, 6) is 0.230. The van der Waals surface area contributed by atoms with E-state index in [2.05, 4.69) is 19.2 Å². The average molecular weight is 199 g/mol. The number of aliphatic hydroxyl groups is 1. The van der Waals surface area contributed by atoms with Crippen LogP contribution in [0.2, 0.25) is 0 Å². The lowest BCUT2D eigenvalue weighted by Gasteiger charge is -2.27. The number of amides is 1. The smallest absolute Gasteiger partial charge is 0.224 e. The van der Waals surface area contributed by atoms with E-state index in [1.807, 2.05) is 13.8 Å². The van der Waals surface area contributed by atoms with Gasteiger partial charge in [0.25, 0.3) is 0 Å². The van der Waals surface area contributed by atoms with Crippen LogP contribution in [0.15, 0.2) is 0 Å². The molecule has 0 aromatic heterocycles. The first-order valence-electron chi connectivity index (χ1n) is 5.27. The van der Waals surface area contributed by atoms with Crippen LogP contribution >= 0.6 is 0 Å². The van der Waals surface area contributed by atoms with E-state index < -0.39 is 5.54 Å². The standard InChI is InChI=1S/C11H21NO2/c1-5-11(4,7-13)12-9(14)8-6-10(8,2)3/h8,13H,5-7H2,1-4H3,(H,12,14). The van der Waals surface area contributed by atoms with Gasteiger partial charge in [-0.25, -0.2) is 0 Å². The molecule has 14 heavy (non-hydrogen) atoms. The number of hydrogen-bond acceptors (Lipinski definition) is 2. The Morgan fingerprint density at radius 1 is 1.64 bits per heavy atom. The minimum Gasteiger partial charge on any atom is -0.394 e. The maximum Gasteiger partial charge on any atom is 0.224 e. The van der Waals surface area contributed by atoms with Crippen molar-refractivity contribution in [3.8, 4) is 0 Å². The molecule has 0 radical (unpaired) electrons. The Hall–Kier alpha value is -0.570. The summed E-state index contributed by atoms with van der Waals surface area (Å²) >= 11 is 0. The zero-order chi connectivity index (χ0) is 11.0. The van der Waals surface area contributed by atoms with Crippen LogP contribution in [0.5, 0.6) is 0 Å². The van der Waals surface area contributed by atoms with Gasteiger partial charge < -0.3 is 10.4 Å². The van der Waals surface area contributed by atoms with Crippen LogP contribution in [0.1, 0.15) is 40.5 Å². The molecular formula is C11H21NO2. The molecule has 1 amide bonds. The molecule has 3 nitrogen and oxygen atoms in total. The fraction of sp³-hybridized carbons (Fsp3) is 0.909. The molecule has 3 heteroatoms. The normalized spacial score (nSPS) is 27.9. The fourth-order valence-electron chi connectivity index (χ4n) is 1.54. The third-order valence-electron chi connectivity index (χ3n) is 3.38. The predicted octanol–water partition coefficient (Wildman–Crippen LogP) is 1.31. The molecular weight excluding hydrogens is 178 g/mol. The molecule has 82 valence electrons. The Balaban J connectivity index is 2.49. The van der Waals surface area contributed by atoms with E-state index in [0.29, 0.717) is 0 Å². The third kappa shape index (κ3) is 2.27. The topological polar surface area (TPSA) is 49.3 Å².